The fourth-order valence-electron chi connectivity index (χ4n) is 2.25. The van der Waals surface area contributed by atoms with Gasteiger partial charge in [-0.05, 0) is 25.0 Å². The average Bonchev–Trinajstić information content (AvgIpc) is 2.87. The molecule has 0 aliphatic heterocycles. The fourth-order valence-corrected chi connectivity index (χ4v) is 2.99. The number of nitrogens with one attached hydrogen (secondary N) is 1. The van der Waals surface area contributed by atoms with E-state index in [0.717, 1.165) is 16.3 Å². The van der Waals surface area contributed by atoms with Crippen LogP contribution in [0, 0.1) is 13.8 Å². The van der Waals surface area contributed by atoms with Crippen LogP contribution in [0.15, 0.2) is 40.6 Å². The molecule has 2 heterocycles. The SMILES string of the molecule is Cc1cccc(C)c1NCc1cc(=O)n2ccsc2n1. The summed E-state index contributed by atoms with van der Waals surface area (Å²) in [6.45, 7) is 4.69. The normalized spacial score (nSPS) is 10.9. The van der Waals surface area contributed by atoms with Crippen molar-refractivity contribution in [1.82, 2.24) is 9.38 Å². The number of aryl methyl sites for hydroxylation is 2. The Bertz CT molecular complexity index is 799. The van der Waals surface area contributed by atoms with Crippen molar-refractivity contribution in [2.24, 2.45) is 0 Å². The van der Waals surface area contributed by atoms with E-state index in [4.69, 9.17) is 0 Å². The van der Waals surface area contributed by atoms with E-state index in [1.165, 1.54) is 22.5 Å². The first-order chi connectivity index (χ1) is 9.65. The van der Waals surface area contributed by atoms with Crippen LogP contribution in [0.2, 0.25) is 0 Å². The van der Waals surface area contributed by atoms with Gasteiger partial charge in [0, 0.05) is 23.3 Å². The largest absolute Gasteiger partial charge is 0.379 e. The van der Waals surface area contributed by atoms with E-state index in [9.17, 15) is 4.79 Å². The molecule has 3 rings (SSSR count). The van der Waals surface area contributed by atoms with Crippen LogP contribution >= 0.6 is 11.3 Å². The number of anilines is 1. The molecule has 0 radical (unpaired) electrons. The van der Waals surface area contributed by atoms with Gasteiger partial charge in [0.1, 0.15) is 0 Å². The maximum absolute atomic E-state index is 11.9. The maximum atomic E-state index is 11.9. The van der Waals surface area contributed by atoms with Gasteiger partial charge >= 0.3 is 0 Å². The lowest BCUT2D eigenvalue weighted by atomic mass is 10.1. The number of hydrogen-bond donors (Lipinski definition) is 1. The van der Waals surface area contributed by atoms with Crippen molar-refractivity contribution in [2.45, 2.75) is 20.4 Å². The van der Waals surface area contributed by atoms with Crippen LogP contribution in [0.25, 0.3) is 4.96 Å². The quantitative estimate of drug-likeness (QED) is 0.804. The minimum atomic E-state index is -0.0328. The first-order valence-electron chi connectivity index (χ1n) is 6.41. The molecule has 0 saturated heterocycles. The van der Waals surface area contributed by atoms with Crippen molar-refractivity contribution in [3.05, 3.63) is 63.0 Å². The first kappa shape index (κ1) is 12.9. The molecule has 0 spiro atoms. The summed E-state index contributed by atoms with van der Waals surface area (Å²) >= 11 is 1.47. The number of nitrogens with zero attached hydrogens (tertiary/aromatic N) is 2. The lowest BCUT2D eigenvalue weighted by Gasteiger charge is -2.12. The average molecular weight is 285 g/mol. The van der Waals surface area contributed by atoms with Crippen LogP contribution in [0.1, 0.15) is 16.8 Å². The van der Waals surface area contributed by atoms with E-state index >= 15 is 0 Å². The third-order valence-electron chi connectivity index (χ3n) is 3.28. The minimum Gasteiger partial charge on any atom is -0.379 e. The minimum absolute atomic E-state index is 0.0328. The molecule has 0 fully saturated rings. The van der Waals surface area contributed by atoms with E-state index in [1.807, 2.05) is 11.4 Å². The molecule has 4 nitrogen and oxygen atoms in total. The summed E-state index contributed by atoms with van der Waals surface area (Å²) in [6.07, 6.45) is 1.75. The van der Waals surface area contributed by atoms with Crippen LogP contribution in [0.5, 0.6) is 0 Å². The topological polar surface area (TPSA) is 46.4 Å². The van der Waals surface area contributed by atoms with Gasteiger partial charge in [-0.1, -0.05) is 18.2 Å². The van der Waals surface area contributed by atoms with Crippen LogP contribution in [-0.2, 0) is 6.54 Å². The third kappa shape index (κ3) is 2.32. The zero-order valence-electron chi connectivity index (χ0n) is 11.4. The van der Waals surface area contributed by atoms with Crippen molar-refractivity contribution in [1.29, 1.82) is 0 Å². The smallest absolute Gasteiger partial charge is 0.258 e. The Morgan fingerprint density at radius 3 is 2.80 bits per heavy atom. The molecule has 3 aromatic rings. The molecule has 0 amide bonds. The standard InChI is InChI=1S/C15H15N3OS/c1-10-4-3-5-11(2)14(10)16-9-12-8-13(19)18-6-7-20-15(18)17-12/h3-8,16H,9H2,1-2H3. The number of benzene rings is 1. The number of fused-ring (bicyclic) bond motifs is 1. The number of hydrogen-bond acceptors (Lipinski definition) is 4. The van der Waals surface area contributed by atoms with E-state index in [0.29, 0.717) is 6.54 Å². The van der Waals surface area contributed by atoms with Gasteiger partial charge in [0.15, 0.2) is 4.96 Å². The summed E-state index contributed by atoms with van der Waals surface area (Å²) < 4.78 is 1.56. The van der Waals surface area contributed by atoms with Gasteiger partial charge in [0.05, 0.1) is 12.2 Å². The van der Waals surface area contributed by atoms with E-state index in [1.54, 1.807) is 16.7 Å². The highest BCUT2D eigenvalue weighted by molar-refractivity contribution is 7.15. The Balaban J connectivity index is 1.88. The van der Waals surface area contributed by atoms with Crippen molar-refractivity contribution in [3.63, 3.8) is 0 Å². The van der Waals surface area contributed by atoms with Crippen LogP contribution in [-0.4, -0.2) is 9.38 Å². The number of para-hydroxylation sites is 1. The molecular formula is C15H15N3OS. The highest BCUT2D eigenvalue weighted by atomic mass is 32.1. The second kappa shape index (κ2) is 5.09. The monoisotopic (exact) mass is 285 g/mol. The molecule has 1 N–H and O–H groups in total. The Hall–Kier alpha value is -2.14. The van der Waals surface area contributed by atoms with Gasteiger partial charge in [-0.3, -0.25) is 9.20 Å². The second-order valence-corrected chi connectivity index (χ2v) is 5.63. The molecule has 0 unspecified atom stereocenters. The lowest BCUT2D eigenvalue weighted by Crippen LogP contribution is -2.15. The van der Waals surface area contributed by atoms with Gasteiger partial charge in [-0.25, -0.2) is 4.98 Å². The van der Waals surface area contributed by atoms with Crippen LogP contribution in [0.3, 0.4) is 0 Å². The summed E-state index contributed by atoms with van der Waals surface area (Å²) in [5, 5.41) is 5.24. The van der Waals surface area contributed by atoms with Crippen LogP contribution < -0.4 is 10.9 Å². The molecule has 0 saturated carbocycles. The summed E-state index contributed by atoms with van der Waals surface area (Å²) in [5.41, 5.74) is 4.23. The molecular weight excluding hydrogens is 270 g/mol. The van der Waals surface area contributed by atoms with Crippen molar-refractivity contribution < 1.29 is 0 Å². The van der Waals surface area contributed by atoms with E-state index < -0.39 is 0 Å². The second-order valence-electron chi connectivity index (χ2n) is 4.76. The molecule has 102 valence electrons. The zero-order chi connectivity index (χ0) is 14.1. The molecule has 20 heavy (non-hydrogen) atoms. The zero-order valence-corrected chi connectivity index (χ0v) is 12.2. The predicted octanol–water partition coefficient (Wildman–Crippen LogP) is 2.98. The lowest BCUT2D eigenvalue weighted by molar-refractivity contribution is 0.987. The first-order valence-corrected chi connectivity index (χ1v) is 7.29. The Morgan fingerprint density at radius 1 is 1.30 bits per heavy atom. The van der Waals surface area contributed by atoms with Crippen molar-refractivity contribution >= 4 is 22.0 Å². The Labute approximate surface area is 120 Å². The van der Waals surface area contributed by atoms with Gasteiger partial charge in [0.2, 0.25) is 0 Å². The van der Waals surface area contributed by atoms with E-state index in [2.05, 4.69) is 36.3 Å². The van der Waals surface area contributed by atoms with E-state index in [-0.39, 0.29) is 5.56 Å². The van der Waals surface area contributed by atoms with Gasteiger partial charge < -0.3 is 5.32 Å². The summed E-state index contributed by atoms with van der Waals surface area (Å²) in [5.74, 6) is 0. The molecule has 0 aliphatic carbocycles. The highest BCUT2D eigenvalue weighted by Crippen LogP contribution is 2.20. The van der Waals surface area contributed by atoms with Gasteiger partial charge in [-0.15, -0.1) is 11.3 Å². The molecule has 1 aromatic carbocycles. The molecule has 5 heteroatoms. The molecule has 0 atom stereocenters. The fraction of sp³-hybridized carbons (Fsp3) is 0.200. The Kier molecular flexibility index (Phi) is 3.28. The van der Waals surface area contributed by atoms with Crippen molar-refractivity contribution in [2.75, 3.05) is 5.32 Å². The van der Waals surface area contributed by atoms with Crippen LogP contribution in [0.4, 0.5) is 5.69 Å². The molecule has 0 aliphatic rings. The summed E-state index contributed by atoms with van der Waals surface area (Å²) in [4.78, 5) is 17.1. The molecule has 0 bridgehead atoms. The summed E-state index contributed by atoms with van der Waals surface area (Å²) in [6, 6.07) is 7.76. The summed E-state index contributed by atoms with van der Waals surface area (Å²) in [7, 11) is 0. The number of rotatable bonds is 3. The predicted molar refractivity (Wildman–Crippen MR) is 82.6 cm³/mol. The maximum Gasteiger partial charge on any atom is 0.258 e. The number of aromatic nitrogens is 2. The third-order valence-corrected chi connectivity index (χ3v) is 4.04. The highest BCUT2D eigenvalue weighted by Gasteiger charge is 2.05. The van der Waals surface area contributed by atoms with Gasteiger partial charge in [0.25, 0.3) is 5.56 Å². The van der Waals surface area contributed by atoms with Crippen molar-refractivity contribution in [3.8, 4) is 0 Å². The number of thiazole rings is 1. The molecule has 2 aromatic heterocycles. The Morgan fingerprint density at radius 2 is 2.05 bits per heavy atom. The van der Waals surface area contributed by atoms with Gasteiger partial charge in [-0.2, -0.15) is 0 Å².